The van der Waals surface area contributed by atoms with Gasteiger partial charge in [-0.25, -0.2) is 0 Å². The Balaban J connectivity index is 1.82. The molecule has 3 aliphatic rings. The van der Waals surface area contributed by atoms with Crippen LogP contribution in [0.15, 0.2) is 17.7 Å². The number of phenolic OH excluding ortho intramolecular Hbond substituents is 1. The molecule has 1 fully saturated rings. The van der Waals surface area contributed by atoms with Gasteiger partial charge in [-0.15, -0.1) is 0 Å². The first kappa shape index (κ1) is 17.8. The molecule has 1 N–H and O–H groups in total. The Hall–Kier alpha value is -1.64. The first-order valence-electron chi connectivity index (χ1n) is 10.4. The van der Waals surface area contributed by atoms with Crippen LogP contribution >= 0.6 is 0 Å². The number of hydrogen-bond acceptors (Lipinski definition) is 3. The number of allylic oxidation sites excluding steroid dienone is 2. The molecule has 3 nitrogen and oxygen atoms in total. The number of unbranched alkanes of at least 4 members (excludes halogenated alkanes) is 2. The van der Waals surface area contributed by atoms with Crippen molar-refractivity contribution >= 4 is 5.69 Å². The maximum Gasteiger partial charge on any atom is 0.146 e. The summed E-state index contributed by atoms with van der Waals surface area (Å²) in [7, 11) is 0. The van der Waals surface area contributed by atoms with Crippen molar-refractivity contribution in [3.05, 3.63) is 28.8 Å². The third kappa shape index (κ3) is 3.00. The molecular weight excluding hydrogens is 322 g/mol. The quantitative estimate of drug-likeness (QED) is 0.426. The van der Waals surface area contributed by atoms with Gasteiger partial charge in [0.25, 0.3) is 0 Å². The van der Waals surface area contributed by atoms with Gasteiger partial charge in [0, 0.05) is 30.5 Å². The molecule has 2 atom stereocenters. The van der Waals surface area contributed by atoms with Crippen molar-refractivity contribution in [1.29, 1.82) is 0 Å². The highest BCUT2D eigenvalue weighted by molar-refractivity contribution is 5.73. The number of aromatic hydroxyl groups is 1. The van der Waals surface area contributed by atoms with Gasteiger partial charge < -0.3 is 14.7 Å². The Bertz CT molecular complexity index is 730. The summed E-state index contributed by atoms with van der Waals surface area (Å²) in [5, 5.41) is 11.3. The molecule has 2 heterocycles. The standard InChI is InChI=1S/C23H33NO2/c1-5-6-7-8-16-14-19-20(22(25)21(16)24-11-12-24)17-13-15(2)9-10-18(17)23(3,4)26-19/h13-14,17-18,25H,5-12H2,1-4H3. The van der Waals surface area contributed by atoms with Crippen LogP contribution in [-0.4, -0.2) is 23.8 Å². The largest absolute Gasteiger partial charge is 0.505 e. The van der Waals surface area contributed by atoms with Crippen molar-refractivity contribution in [3.63, 3.8) is 0 Å². The van der Waals surface area contributed by atoms with E-state index in [1.807, 2.05) is 0 Å². The molecular formula is C23H33NO2. The SMILES string of the molecule is CCCCCc1cc2c(c(O)c1N1CC1)C1C=C(C)CCC1C(C)(C)O2. The van der Waals surface area contributed by atoms with Crippen molar-refractivity contribution in [3.8, 4) is 11.5 Å². The fourth-order valence-corrected chi connectivity index (χ4v) is 4.98. The highest BCUT2D eigenvalue weighted by Gasteiger charge is 2.46. The van der Waals surface area contributed by atoms with Crippen LogP contribution in [0.3, 0.4) is 0 Å². The Kier molecular flexibility index (Phi) is 4.45. The lowest BCUT2D eigenvalue weighted by Crippen LogP contribution is -2.45. The summed E-state index contributed by atoms with van der Waals surface area (Å²) in [4.78, 5) is 2.31. The molecule has 0 saturated carbocycles. The molecule has 0 radical (unpaired) electrons. The van der Waals surface area contributed by atoms with E-state index in [0.717, 1.165) is 49.4 Å². The summed E-state index contributed by atoms with van der Waals surface area (Å²) in [6, 6.07) is 2.24. The summed E-state index contributed by atoms with van der Waals surface area (Å²) < 4.78 is 6.50. The molecule has 0 amide bonds. The lowest BCUT2D eigenvalue weighted by atomic mass is 9.67. The van der Waals surface area contributed by atoms with Gasteiger partial charge in [0.15, 0.2) is 0 Å². The van der Waals surface area contributed by atoms with Crippen LogP contribution in [0.5, 0.6) is 11.5 Å². The number of rotatable bonds is 5. The molecule has 2 unspecified atom stereocenters. The van der Waals surface area contributed by atoms with Gasteiger partial charge in [0.05, 0.1) is 5.69 Å². The summed E-state index contributed by atoms with van der Waals surface area (Å²) >= 11 is 0. The number of nitrogens with zero attached hydrogens (tertiary/aromatic N) is 1. The maximum atomic E-state index is 11.3. The van der Waals surface area contributed by atoms with E-state index in [0.29, 0.717) is 11.7 Å². The smallest absolute Gasteiger partial charge is 0.146 e. The van der Waals surface area contributed by atoms with Gasteiger partial charge in [-0.05, 0) is 58.1 Å². The van der Waals surface area contributed by atoms with Gasteiger partial charge in [-0.3, -0.25) is 0 Å². The second-order valence-electron chi connectivity index (χ2n) is 8.98. The molecule has 1 aromatic carbocycles. The zero-order valence-electron chi connectivity index (χ0n) is 16.8. The summed E-state index contributed by atoms with van der Waals surface area (Å²) in [6.45, 7) is 11.0. The molecule has 142 valence electrons. The van der Waals surface area contributed by atoms with Crippen molar-refractivity contribution in [1.82, 2.24) is 0 Å². The molecule has 0 spiro atoms. The Morgan fingerprint density at radius 3 is 2.73 bits per heavy atom. The minimum Gasteiger partial charge on any atom is -0.505 e. The summed E-state index contributed by atoms with van der Waals surface area (Å²) in [5.41, 5.74) is 4.63. The first-order chi connectivity index (χ1) is 12.4. The third-order valence-corrected chi connectivity index (χ3v) is 6.51. The predicted molar refractivity (Wildman–Crippen MR) is 107 cm³/mol. The van der Waals surface area contributed by atoms with Crippen LogP contribution < -0.4 is 9.64 Å². The highest BCUT2D eigenvalue weighted by Crippen LogP contribution is 2.56. The molecule has 4 rings (SSSR count). The number of fused-ring (bicyclic) bond motifs is 3. The minimum atomic E-state index is -0.191. The topological polar surface area (TPSA) is 32.5 Å². The zero-order valence-corrected chi connectivity index (χ0v) is 16.8. The number of benzene rings is 1. The number of anilines is 1. The van der Waals surface area contributed by atoms with Crippen molar-refractivity contribution in [2.75, 3.05) is 18.0 Å². The molecule has 1 aliphatic carbocycles. The highest BCUT2D eigenvalue weighted by atomic mass is 16.5. The lowest BCUT2D eigenvalue weighted by Gasteiger charge is -2.46. The molecule has 0 bridgehead atoms. The van der Waals surface area contributed by atoms with Crippen molar-refractivity contribution in [2.45, 2.75) is 77.7 Å². The molecule has 1 aromatic rings. The van der Waals surface area contributed by atoms with E-state index in [2.05, 4.69) is 44.7 Å². The second-order valence-corrected chi connectivity index (χ2v) is 8.98. The van der Waals surface area contributed by atoms with E-state index in [4.69, 9.17) is 4.74 Å². The fraction of sp³-hybridized carbons (Fsp3) is 0.652. The third-order valence-electron chi connectivity index (χ3n) is 6.51. The van der Waals surface area contributed by atoms with E-state index in [1.165, 1.54) is 30.4 Å². The van der Waals surface area contributed by atoms with Crippen molar-refractivity contribution in [2.24, 2.45) is 5.92 Å². The van der Waals surface area contributed by atoms with Gasteiger partial charge in [0.1, 0.15) is 17.1 Å². The number of ether oxygens (including phenoxy) is 1. The van der Waals surface area contributed by atoms with E-state index in [9.17, 15) is 5.11 Å². The van der Waals surface area contributed by atoms with Crippen LogP contribution in [0.25, 0.3) is 0 Å². The van der Waals surface area contributed by atoms with Crippen LogP contribution in [0.2, 0.25) is 0 Å². The minimum absolute atomic E-state index is 0.191. The average Bonchev–Trinajstić information content (AvgIpc) is 3.38. The number of hydrogen-bond donors (Lipinski definition) is 1. The van der Waals surface area contributed by atoms with E-state index >= 15 is 0 Å². The van der Waals surface area contributed by atoms with Crippen LogP contribution in [0.1, 0.15) is 76.8 Å². The van der Waals surface area contributed by atoms with E-state index < -0.39 is 0 Å². The second kappa shape index (κ2) is 6.51. The Labute approximate surface area is 158 Å². The van der Waals surface area contributed by atoms with Gasteiger partial charge >= 0.3 is 0 Å². The van der Waals surface area contributed by atoms with Gasteiger partial charge in [-0.2, -0.15) is 0 Å². The van der Waals surface area contributed by atoms with Crippen LogP contribution in [-0.2, 0) is 6.42 Å². The lowest BCUT2D eigenvalue weighted by molar-refractivity contribution is 0.0108. The van der Waals surface area contributed by atoms with Crippen LogP contribution in [0.4, 0.5) is 5.69 Å². The van der Waals surface area contributed by atoms with Gasteiger partial charge in [-0.1, -0.05) is 31.4 Å². The summed E-state index contributed by atoms with van der Waals surface area (Å²) in [5.74, 6) is 2.10. The molecule has 1 saturated heterocycles. The predicted octanol–water partition coefficient (Wildman–Crippen LogP) is 5.56. The van der Waals surface area contributed by atoms with Crippen LogP contribution in [0, 0.1) is 5.92 Å². The molecule has 0 aromatic heterocycles. The monoisotopic (exact) mass is 355 g/mol. The van der Waals surface area contributed by atoms with Crippen molar-refractivity contribution < 1.29 is 9.84 Å². The molecule has 3 heteroatoms. The molecule has 2 aliphatic heterocycles. The fourth-order valence-electron chi connectivity index (χ4n) is 4.98. The maximum absolute atomic E-state index is 11.3. The normalized spacial score (nSPS) is 25.8. The number of aryl methyl sites for hydroxylation is 1. The van der Waals surface area contributed by atoms with E-state index in [-0.39, 0.29) is 11.5 Å². The zero-order chi connectivity index (χ0) is 18.5. The van der Waals surface area contributed by atoms with Gasteiger partial charge in [0.2, 0.25) is 0 Å². The Morgan fingerprint density at radius 1 is 1.27 bits per heavy atom. The van der Waals surface area contributed by atoms with E-state index in [1.54, 1.807) is 0 Å². The first-order valence-corrected chi connectivity index (χ1v) is 10.4. The number of phenols is 1. The Morgan fingerprint density at radius 2 is 2.04 bits per heavy atom. The average molecular weight is 356 g/mol. The summed E-state index contributed by atoms with van der Waals surface area (Å²) in [6.07, 6.45) is 9.30. The molecule has 26 heavy (non-hydrogen) atoms.